The first-order chi connectivity index (χ1) is 10.2. The summed E-state index contributed by atoms with van der Waals surface area (Å²) < 4.78 is 13.1. The van der Waals surface area contributed by atoms with E-state index in [9.17, 15) is 19.1 Å². The van der Waals surface area contributed by atoms with Crippen molar-refractivity contribution in [3.8, 4) is 0 Å². The summed E-state index contributed by atoms with van der Waals surface area (Å²) in [4.78, 5) is 23.6. The highest BCUT2D eigenvalue weighted by molar-refractivity contribution is 6.39. The summed E-state index contributed by atoms with van der Waals surface area (Å²) in [6.45, 7) is 7.07. The molecule has 2 amide bonds. The molecule has 0 aliphatic heterocycles. The van der Waals surface area contributed by atoms with Gasteiger partial charge in [0.1, 0.15) is 5.82 Å². The molecule has 3 N–H and O–H groups in total. The van der Waals surface area contributed by atoms with Crippen LogP contribution in [-0.4, -0.2) is 29.1 Å². The van der Waals surface area contributed by atoms with Crippen molar-refractivity contribution in [1.29, 1.82) is 0 Å². The molecule has 1 aromatic rings. The molecular formula is C16H23FN2O3. The van der Waals surface area contributed by atoms with E-state index in [1.165, 1.54) is 12.1 Å². The Balaban J connectivity index is 2.63. The molecule has 0 aromatic heterocycles. The summed E-state index contributed by atoms with van der Waals surface area (Å²) in [5.41, 5.74) is -0.206. The van der Waals surface area contributed by atoms with Gasteiger partial charge in [0.15, 0.2) is 0 Å². The van der Waals surface area contributed by atoms with Gasteiger partial charge in [0.25, 0.3) is 0 Å². The van der Waals surface area contributed by atoms with E-state index in [0.717, 1.165) is 12.5 Å². The van der Waals surface area contributed by atoms with Crippen LogP contribution in [-0.2, 0) is 9.59 Å². The summed E-state index contributed by atoms with van der Waals surface area (Å²) in [6.07, 6.45) is 0.748. The Morgan fingerprint density at radius 3 is 2.59 bits per heavy atom. The minimum Gasteiger partial charge on any atom is -0.388 e. The third-order valence-corrected chi connectivity index (χ3v) is 3.93. The van der Waals surface area contributed by atoms with Crippen LogP contribution in [0.15, 0.2) is 18.2 Å². The fraction of sp³-hybridized carbons (Fsp3) is 0.500. The second-order valence-corrected chi connectivity index (χ2v) is 5.76. The number of amides is 2. The summed E-state index contributed by atoms with van der Waals surface area (Å²) in [6, 6.07) is 3.93. The van der Waals surface area contributed by atoms with Gasteiger partial charge in [0.05, 0.1) is 5.60 Å². The van der Waals surface area contributed by atoms with Crippen LogP contribution in [0.2, 0.25) is 0 Å². The standard InChI is InChI=1S/C16H23FN2O3/c1-5-11(3)16(4,22)9-18-14(20)15(21)19-13-8-12(17)7-6-10(13)2/h6-8,11,22H,5,9H2,1-4H3,(H,18,20)(H,19,21). The van der Waals surface area contributed by atoms with Gasteiger partial charge < -0.3 is 15.7 Å². The van der Waals surface area contributed by atoms with Crippen LogP contribution < -0.4 is 10.6 Å². The average Bonchev–Trinajstić information content (AvgIpc) is 2.47. The van der Waals surface area contributed by atoms with Crippen molar-refractivity contribution >= 4 is 17.5 Å². The van der Waals surface area contributed by atoms with E-state index in [4.69, 9.17) is 0 Å². The molecule has 0 fully saturated rings. The maximum absolute atomic E-state index is 13.1. The number of hydrogen-bond acceptors (Lipinski definition) is 3. The van der Waals surface area contributed by atoms with Gasteiger partial charge in [0, 0.05) is 12.2 Å². The van der Waals surface area contributed by atoms with Gasteiger partial charge >= 0.3 is 11.8 Å². The average molecular weight is 310 g/mol. The van der Waals surface area contributed by atoms with E-state index < -0.39 is 23.2 Å². The van der Waals surface area contributed by atoms with Crippen molar-refractivity contribution in [2.75, 3.05) is 11.9 Å². The molecule has 0 heterocycles. The molecule has 22 heavy (non-hydrogen) atoms. The van der Waals surface area contributed by atoms with E-state index in [0.29, 0.717) is 5.56 Å². The predicted octanol–water partition coefficient (Wildman–Crippen LogP) is 1.99. The summed E-state index contributed by atoms with van der Waals surface area (Å²) in [5, 5.41) is 14.9. The molecule has 2 atom stereocenters. The molecule has 0 aliphatic rings. The zero-order chi connectivity index (χ0) is 16.9. The van der Waals surface area contributed by atoms with Crippen molar-refractivity contribution in [3.63, 3.8) is 0 Å². The Morgan fingerprint density at radius 2 is 2.00 bits per heavy atom. The highest BCUT2D eigenvalue weighted by Gasteiger charge is 2.28. The SMILES string of the molecule is CCC(C)C(C)(O)CNC(=O)C(=O)Nc1cc(F)ccc1C. The summed E-state index contributed by atoms with van der Waals surface area (Å²) in [7, 11) is 0. The number of carbonyl (C=O) groups is 2. The van der Waals surface area contributed by atoms with Crippen LogP contribution in [0, 0.1) is 18.7 Å². The minimum atomic E-state index is -1.10. The fourth-order valence-electron chi connectivity index (χ4n) is 1.86. The molecule has 1 rings (SSSR count). The van der Waals surface area contributed by atoms with Crippen LogP contribution in [0.5, 0.6) is 0 Å². The van der Waals surface area contributed by atoms with Gasteiger partial charge in [-0.1, -0.05) is 26.3 Å². The maximum atomic E-state index is 13.1. The number of hydrogen-bond donors (Lipinski definition) is 3. The zero-order valence-electron chi connectivity index (χ0n) is 13.4. The summed E-state index contributed by atoms with van der Waals surface area (Å²) in [5.74, 6) is -2.29. The van der Waals surface area contributed by atoms with Gasteiger partial charge in [0.2, 0.25) is 0 Å². The first-order valence-corrected chi connectivity index (χ1v) is 7.25. The lowest BCUT2D eigenvalue weighted by Crippen LogP contribution is -2.47. The van der Waals surface area contributed by atoms with Crippen molar-refractivity contribution in [2.24, 2.45) is 5.92 Å². The van der Waals surface area contributed by atoms with Crippen molar-refractivity contribution in [2.45, 2.75) is 39.7 Å². The fourth-order valence-corrected chi connectivity index (χ4v) is 1.86. The lowest BCUT2D eigenvalue weighted by molar-refractivity contribution is -0.137. The molecule has 1 aromatic carbocycles. The van der Waals surface area contributed by atoms with Crippen molar-refractivity contribution in [3.05, 3.63) is 29.6 Å². The van der Waals surface area contributed by atoms with E-state index in [-0.39, 0.29) is 18.2 Å². The molecule has 0 saturated carbocycles. The molecule has 0 radical (unpaired) electrons. The van der Waals surface area contributed by atoms with E-state index in [1.54, 1.807) is 13.8 Å². The number of halogens is 1. The number of nitrogens with one attached hydrogen (secondary N) is 2. The summed E-state index contributed by atoms with van der Waals surface area (Å²) >= 11 is 0. The topological polar surface area (TPSA) is 78.4 Å². The van der Waals surface area contributed by atoms with Crippen LogP contribution in [0.25, 0.3) is 0 Å². The lowest BCUT2D eigenvalue weighted by atomic mass is 9.89. The zero-order valence-corrected chi connectivity index (χ0v) is 13.4. The quantitative estimate of drug-likeness (QED) is 0.728. The molecule has 2 unspecified atom stereocenters. The third-order valence-electron chi connectivity index (χ3n) is 3.93. The Kier molecular flexibility index (Phi) is 6.05. The highest BCUT2D eigenvalue weighted by atomic mass is 19.1. The number of benzene rings is 1. The molecule has 122 valence electrons. The molecule has 0 spiro atoms. The Morgan fingerprint density at radius 1 is 1.36 bits per heavy atom. The maximum Gasteiger partial charge on any atom is 0.313 e. The lowest BCUT2D eigenvalue weighted by Gasteiger charge is -2.29. The smallest absolute Gasteiger partial charge is 0.313 e. The number of aryl methyl sites for hydroxylation is 1. The highest BCUT2D eigenvalue weighted by Crippen LogP contribution is 2.19. The first kappa shape index (κ1) is 18.1. The number of carbonyl (C=O) groups excluding carboxylic acids is 2. The van der Waals surface area contributed by atoms with E-state index >= 15 is 0 Å². The van der Waals surface area contributed by atoms with Gasteiger partial charge in [-0.25, -0.2) is 4.39 Å². The van der Waals surface area contributed by atoms with Gasteiger partial charge in [-0.05, 0) is 37.5 Å². The van der Waals surface area contributed by atoms with Crippen LogP contribution in [0.1, 0.15) is 32.8 Å². The molecule has 0 bridgehead atoms. The van der Waals surface area contributed by atoms with Crippen LogP contribution >= 0.6 is 0 Å². The van der Waals surface area contributed by atoms with Gasteiger partial charge in [-0.3, -0.25) is 9.59 Å². The minimum absolute atomic E-state index is 0.0266. The van der Waals surface area contributed by atoms with Crippen LogP contribution in [0.3, 0.4) is 0 Å². The Labute approximate surface area is 129 Å². The molecule has 6 heteroatoms. The number of anilines is 1. The van der Waals surface area contributed by atoms with Gasteiger partial charge in [-0.2, -0.15) is 0 Å². The normalized spacial score (nSPS) is 14.8. The van der Waals surface area contributed by atoms with Crippen molar-refractivity contribution < 1.29 is 19.1 Å². The van der Waals surface area contributed by atoms with E-state index in [1.807, 2.05) is 13.8 Å². The van der Waals surface area contributed by atoms with Gasteiger partial charge in [-0.15, -0.1) is 0 Å². The molecular weight excluding hydrogens is 287 g/mol. The van der Waals surface area contributed by atoms with E-state index in [2.05, 4.69) is 10.6 Å². The first-order valence-electron chi connectivity index (χ1n) is 7.25. The Bertz CT molecular complexity index is 558. The monoisotopic (exact) mass is 310 g/mol. The largest absolute Gasteiger partial charge is 0.388 e. The second kappa shape index (κ2) is 7.35. The van der Waals surface area contributed by atoms with Crippen molar-refractivity contribution in [1.82, 2.24) is 5.32 Å². The van der Waals surface area contributed by atoms with Crippen LogP contribution in [0.4, 0.5) is 10.1 Å². The number of rotatable bonds is 5. The second-order valence-electron chi connectivity index (χ2n) is 5.76. The molecule has 0 aliphatic carbocycles. The predicted molar refractivity (Wildman–Crippen MR) is 82.9 cm³/mol. The molecule has 5 nitrogen and oxygen atoms in total. The number of aliphatic hydroxyl groups is 1. The Hall–Kier alpha value is -1.95. The third kappa shape index (κ3) is 4.80. The molecule has 0 saturated heterocycles.